The van der Waals surface area contributed by atoms with Gasteiger partial charge in [0.1, 0.15) is 5.76 Å². The van der Waals surface area contributed by atoms with E-state index in [9.17, 15) is 14.7 Å². The van der Waals surface area contributed by atoms with Crippen LogP contribution < -0.4 is 4.90 Å². The van der Waals surface area contributed by atoms with E-state index in [4.69, 9.17) is 5.26 Å². The molecule has 7 heteroatoms. The molecule has 3 aromatic rings. The second kappa shape index (κ2) is 7.93. The smallest absolute Gasteiger partial charge is 0.300 e. The first kappa shape index (κ1) is 19.6. The Morgan fingerprint density at radius 2 is 1.63 bits per heavy atom. The number of Topliss-reactive ketones (excluding diaryl/α,β-unsaturated/α-hetero) is 1. The summed E-state index contributed by atoms with van der Waals surface area (Å²) < 4.78 is 0.822. The summed E-state index contributed by atoms with van der Waals surface area (Å²) in [6.07, 6.45) is 3.13. The van der Waals surface area contributed by atoms with Gasteiger partial charge in [0, 0.05) is 28.1 Å². The molecule has 30 heavy (non-hydrogen) atoms. The number of halogens is 1. The number of hydrogen-bond donors (Lipinski definition) is 1. The number of ketones is 1. The van der Waals surface area contributed by atoms with E-state index in [2.05, 4.69) is 20.9 Å². The zero-order valence-electron chi connectivity index (χ0n) is 15.5. The van der Waals surface area contributed by atoms with Gasteiger partial charge in [-0.05, 0) is 54.1 Å². The Labute approximate surface area is 180 Å². The first-order chi connectivity index (χ1) is 14.5. The number of rotatable bonds is 3. The molecule has 6 nitrogen and oxygen atoms in total. The fraction of sp³-hybridized carbons (Fsp3) is 0.0435. The maximum Gasteiger partial charge on any atom is 0.300 e. The van der Waals surface area contributed by atoms with E-state index in [1.807, 2.05) is 6.07 Å². The number of anilines is 1. The number of nitriles is 1. The van der Waals surface area contributed by atoms with Crippen LogP contribution in [0, 0.1) is 11.3 Å². The molecule has 0 radical (unpaired) electrons. The normalized spacial score (nSPS) is 17.7. The molecule has 4 rings (SSSR count). The highest BCUT2D eigenvalue weighted by atomic mass is 79.9. The zero-order valence-corrected chi connectivity index (χ0v) is 17.1. The van der Waals surface area contributed by atoms with E-state index in [-0.39, 0.29) is 11.3 Å². The van der Waals surface area contributed by atoms with Crippen LogP contribution >= 0.6 is 15.9 Å². The van der Waals surface area contributed by atoms with E-state index in [1.54, 1.807) is 73.1 Å². The van der Waals surface area contributed by atoms with Gasteiger partial charge < -0.3 is 5.11 Å². The number of amides is 1. The van der Waals surface area contributed by atoms with Crippen molar-refractivity contribution in [2.45, 2.75) is 6.04 Å². The first-order valence-electron chi connectivity index (χ1n) is 8.98. The Morgan fingerprint density at radius 1 is 1.00 bits per heavy atom. The number of aliphatic hydroxyl groups excluding tert-OH is 1. The minimum Gasteiger partial charge on any atom is -0.507 e. The molecule has 1 saturated heterocycles. The Bertz CT molecular complexity index is 1200. The molecule has 1 amide bonds. The molecule has 0 saturated carbocycles. The lowest BCUT2D eigenvalue weighted by Crippen LogP contribution is -2.29. The third-order valence-electron chi connectivity index (χ3n) is 4.86. The van der Waals surface area contributed by atoms with Gasteiger partial charge in [0.25, 0.3) is 11.7 Å². The van der Waals surface area contributed by atoms with Gasteiger partial charge in [-0.25, -0.2) is 0 Å². The van der Waals surface area contributed by atoms with Gasteiger partial charge in [-0.2, -0.15) is 5.26 Å². The summed E-state index contributed by atoms with van der Waals surface area (Å²) in [6.45, 7) is 0. The van der Waals surface area contributed by atoms with E-state index in [0.29, 0.717) is 22.4 Å². The number of benzene rings is 2. The largest absolute Gasteiger partial charge is 0.507 e. The predicted molar refractivity (Wildman–Crippen MR) is 114 cm³/mol. The van der Waals surface area contributed by atoms with Crippen LogP contribution in [0.1, 0.15) is 22.7 Å². The molecular weight excluding hydrogens is 446 g/mol. The van der Waals surface area contributed by atoms with Crippen LogP contribution in [0.4, 0.5) is 5.69 Å². The van der Waals surface area contributed by atoms with Crippen LogP contribution in [0.25, 0.3) is 5.76 Å². The van der Waals surface area contributed by atoms with E-state index < -0.39 is 17.7 Å². The first-order valence-corrected chi connectivity index (χ1v) is 9.77. The molecule has 1 aliphatic rings. The average Bonchev–Trinajstić information content (AvgIpc) is 3.05. The van der Waals surface area contributed by atoms with E-state index in [1.165, 1.54) is 4.90 Å². The highest BCUT2D eigenvalue weighted by Gasteiger charge is 2.46. The number of hydrogen-bond acceptors (Lipinski definition) is 5. The van der Waals surface area contributed by atoms with Crippen LogP contribution in [0.3, 0.4) is 0 Å². The van der Waals surface area contributed by atoms with Gasteiger partial charge >= 0.3 is 0 Å². The number of carbonyl (C=O) groups excluding carboxylic acids is 2. The predicted octanol–water partition coefficient (Wildman–Crippen LogP) is 4.34. The van der Waals surface area contributed by atoms with Crippen molar-refractivity contribution >= 4 is 39.1 Å². The molecule has 0 bridgehead atoms. The molecule has 1 unspecified atom stereocenters. The van der Waals surface area contributed by atoms with Crippen molar-refractivity contribution in [1.82, 2.24) is 4.98 Å². The summed E-state index contributed by atoms with van der Waals surface area (Å²) in [4.78, 5) is 31.3. The molecule has 0 spiro atoms. The summed E-state index contributed by atoms with van der Waals surface area (Å²) in [5, 5.41) is 20.0. The van der Waals surface area contributed by atoms with Crippen LogP contribution in [0.15, 0.2) is 83.1 Å². The quantitative estimate of drug-likeness (QED) is 0.357. The fourth-order valence-corrected chi connectivity index (χ4v) is 3.68. The van der Waals surface area contributed by atoms with Crippen LogP contribution in [-0.2, 0) is 9.59 Å². The second-order valence-electron chi connectivity index (χ2n) is 6.62. The maximum absolute atomic E-state index is 13.0. The number of pyridine rings is 1. The summed E-state index contributed by atoms with van der Waals surface area (Å²) in [5.41, 5.74) is 1.94. The lowest BCUT2D eigenvalue weighted by atomic mass is 9.96. The van der Waals surface area contributed by atoms with Crippen molar-refractivity contribution in [2.75, 3.05) is 4.90 Å². The van der Waals surface area contributed by atoms with Crippen molar-refractivity contribution in [3.8, 4) is 6.07 Å². The van der Waals surface area contributed by atoms with Gasteiger partial charge in [0.05, 0.1) is 23.2 Å². The molecule has 2 aromatic carbocycles. The maximum atomic E-state index is 13.0. The minimum absolute atomic E-state index is 0.00196. The van der Waals surface area contributed by atoms with Crippen molar-refractivity contribution < 1.29 is 14.7 Å². The lowest BCUT2D eigenvalue weighted by molar-refractivity contribution is -0.132. The number of nitrogens with zero attached hydrogens (tertiary/aromatic N) is 3. The van der Waals surface area contributed by atoms with Gasteiger partial charge in [-0.15, -0.1) is 0 Å². The van der Waals surface area contributed by atoms with Crippen LogP contribution in [-0.4, -0.2) is 21.8 Å². The Kier molecular flexibility index (Phi) is 5.17. The molecule has 1 aliphatic heterocycles. The highest BCUT2D eigenvalue weighted by molar-refractivity contribution is 9.10. The van der Waals surface area contributed by atoms with Gasteiger partial charge in [0.2, 0.25) is 0 Å². The SMILES string of the molecule is N#Cc1ccc(N2C(=O)C(=O)/C(=C(\O)c3ccc(Br)cc3)C2c2ccncc2)cc1. The topological polar surface area (TPSA) is 94.3 Å². The van der Waals surface area contributed by atoms with Crippen molar-refractivity contribution in [3.63, 3.8) is 0 Å². The molecule has 146 valence electrons. The number of aliphatic hydroxyl groups is 1. The Hall–Kier alpha value is -3.76. The zero-order chi connectivity index (χ0) is 21.3. The van der Waals surface area contributed by atoms with Crippen LogP contribution in [0.2, 0.25) is 0 Å². The van der Waals surface area contributed by atoms with Gasteiger partial charge in [-0.3, -0.25) is 19.5 Å². The third kappa shape index (κ3) is 3.38. The molecule has 0 aliphatic carbocycles. The molecule has 2 heterocycles. The Balaban J connectivity index is 1.92. The summed E-state index contributed by atoms with van der Waals surface area (Å²) >= 11 is 3.34. The molecule has 1 atom stereocenters. The summed E-state index contributed by atoms with van der Waals surface area (Å²) in [7, 11) is 0. The fourth-order valence-electron chi connectivity index (χ4n) is 3.42. The van der Waals surface area contributed by atoms with E-state index in [0.717, 1.165) is 4.47 Å². The van der Waals surface area contributed by atoms with Gasteiger partial charge in [0.15, 0.2) is 0 Å². The molecule has 1 N–H and O–H groups in total. The van der Waals surface area contributed by atoms with E-state index >= 15 is 0 Å². The molecule has 1 fully saturated rings. The average molecular weight is 460 g/mol. The number of aromatic nitrogens is 1. The van der Waals surface area contributed by atoms with Crippen molar-refractivity contribution in [2.24, 2.45) is 0 Å². The monoisotopic (exact) mass is 459 g/mol. The minimum atomic E-state index is -0.829. The van der Waals surface area contributed by atoms with Crippen LogP contribution in [0.5, 0.6) is 0 Å². The van der Waals surface area contributed by atoms with Gasteiger partial charge in [-0.1, -0.05) is 28.1 Å². The standard InChI is InChI=1S/C23H14BrN3O3/c24-17-5-3-16(4-6-17)21(28)19-20(15-9-11-26-12-10-15)27(23(30)22(19)29)18-7-1-14(13-25)2-8-18/h1-12,20,28H/b21-19-. The van der Waals surface area contributed by atoms with Crippen molar-refractivity contribution in [1.29, 1.82) is 5.26 Å². The molecular formula is C23H14BrN3O3. The molecule has 1 aromatic heterocycles. The summed E-state index contributed by atoms with van der Waals surface area (Å²) in [5.74, 6) is -1.78. The third-order valence-corrected chi connectivity index (χ3v) is 5.39. The Morgan fingerprint density at radius 3 is 2.23 bits per heavy atom. The highest BCUT2D eigenvalue weighted by Crippen LogP contribution is 2.42. The van der Waals surface area contributed by atoms with Crippen molar-refractivity contribution in [3.05, 3.63) is 99.8 Å². The number of carbonyl (C=O) groups is 2. The second-order valence-corrected chi connectivity index (χ2v) is 7.53. The summed E-state index contributed by atoms with van der Waals surface area (Å²) in [6, 6.07) is 17.8. The lowest BCUT2D eigenvalue weighted by Gasteiger charge is -2.25.